The molecule has 2 atom stereocenters. The third-order valence-electron chi connectivity index (χ3n) is 6.44. The lowest BCUT2D eigenvalue weighted by atomic mass is 9.97. The summed E-state index contributed by atoms with van der Waals surface area (Å²) in [6.45, 7) is 0.486. The van der Waals surface area contributed by atoms with Gasteiger partial charge < -0.3 is 20.3 Å². The predicted molar refractivity (Wildman–Crippen MR) is 153 cm³/mol. The van der Waals surface area contributed by atoms with Gasteiger partial charge in [0.05, 0.1) is 12.4 Å². The average Bonchev–Trinajstić information content (AvgIpc) is 3.46. The number of nitrogens with one attached hydrogen (secondary N) is 2. The lowest BCUT2D eigenvalue weighted by Gasteiger charge is -2.22. The molecule has 0 bridgehead atoms. The molecule has 3 aromatic carbocycles. The number of carbonyl (C=O) groups is 2. The van der Waals surface area contributed by atoms with Gasteiger partial charge in [0.25, 0.3) is 5.91 Å². The Morgan fingerprint density at radius 1 is 1.02 bits per heavy atom. The molecule has 10 heteroatoms. The number of hydrogen-bond acceptors (Lipinski definition) is 5. The number of nitrogens with zero attached hydrogens (tertiary/aromatic N) is 2. The van der Waals surface area contributed by atoms with Gasteiger partial charge >= 0.3 is 5.97 Å². The number of amides is 1. The van der Waals surface area contributed by atoms with Gasteiger partial charge in [-0.05, 0) is 77.9 Å². The van der Waals surface area contributed by atoms with Crippen molar-refractivity contribution < 1.29 is 23.5 Å². The van der Waals surface area contributed by atoms with Crippen molar-refractivity contribution in [2.75, 3.05) is 17.3 Å². The minimum atomic E-state index is -1.10. The SMILES string of the molecule is CSCC[C@H](NC(=O)c1cc(NC(Cn2ccnc2)c2ccc(F)cc2)ccc1Cc1ccc(F)cc1)C(=O)O. The standard InChI is InChI=1S/C30H30F2N4O3S/c1-40-15-12-27(30(38)39)35-29(37)26-17-25(11-6-22(26)16-20-2-7-23(31)8-3-20)34-28(18-36-14-13-33-19-36)21-4-9-24(32)10-5-21/h2-11,13-14,17,19,27-28,34H,12,15-16,18H2,1H3,(H,35,37)(H,38,39)/t27-,28?/m0/s1. The Balaban J connectivity index is 1.66. The molecule has 0 aliphatic heterocycles. The molecular weight excluding hydrogens is 534 g/mol. The predicted octanol–water partition coefficient (Wildman–Crippen LogP) is 5.54. The number of thioether (sulfide) groups is 1. The fourth-order valence-corrected chi connectivity index (χ4v) is 4.79. The molecule has 1 unspecified atom stereocenters. The second-order valence-electron chi connectivity index (χ2n) is 9.33. The topological polar surface area (TPSA) is 96.3 Å². The second-order valence-corrected chi connectivity index (χ2v) is 10.3. The highest BCUT2D eigenvalue weighted by Crippen LogP contribution is 2.26. The van der Waals surface area contributed by atoms with E-state index in [-0.39, 0.29) is 24.1 Å². The van der Waals surface area contributed by atoms with Crippen LogP contribution in [0.15, 0.2) is 85.5 Å². The van der Waals surface area contributed by atoms with Gasteiger partial charge in [-0.25, -0.2) is 18.6 Å². The Bertz CT molecular complexity index is 1410. The maximum atomic E-state index is 13.6. The van der Waals surface area contributed by atoms with E-state index in [2.05, 4.69) is 15.6 Å². The van der Waals surface area contributed by atoms with E-state index in [0.29, 0.717) is 35.5 Å². The molecule has 0 saturated carbocycles. The summed E-state index contributed by atoms with van der Waals surface area (Å²) in [5, 5.41) is 15.8. The van der Waals surface area contributed by atoms with Crippen LogP contribution in [0.25, 0.3) is 0 Å². The summed E-state index contributed by atoms with van der Waals surface area (Å²) in [6.07, 6.45) is 7.68. The first-order valence-electron chi connectivity index (χ1n) is 12.7. The van der Waals surface area contributed by atoms with E-state index in [9.17, 15) is 23.5 Å². The lowest BCUT2D eigenvalue weighted by molar-refractivity contribution is -0.139. The monoisotopic (exact) mass is 564 g/mol. The molecule has 0 aliphatic carbocycles. The fraction of sp³-hybridized carbons (Fsp3) is 0.233. The zero-order chi connectivity index (χ0) is 28.5. The van der Waals surface area contributed by atoms with Crippen molar-refractivity contribution in [3.63, 3.8) is 0 Å². The number of carboxylic acid groups (broad SMARTS) is 1. The van der Waals surface area contributed by atoms with Gasteiger partial charge in [-0.3, -0.25) is 4.79 Å². The number of halogens is 2. The Labute approximate surface area is 235 Å². The molecule has 0 radical (unpaired) electrons. The number of rotatable bonds is 13. The van der Waals surface area contributed by atoms with Crippen LogP contribution in [0.2, 0.25) is 0 Å². The van der Waals surface area contributed by atoms with Gasteiger partial charge in [-0.2, -0.15) is 11.8 Å². The molecule has 208 valence electrons. The number of imidazole rings is 1. The number of aliphatic carboxylic acids is 1. The van der Waals surface area contributed by atoms with Gasteiger partial charge in [0, 0.05) is 30.2 Å². The molecule has 7 nitrogen and oxygen atoms in total. The normalized spacial score (nSPS) is 12.5. The van der Waals surface area contributed by atoms with Crippen LogP contribution in [0.3, 0.4) is 0 Å². The second kappa shape index (κ2) is 13.7. The van der Waals surface area contributed by atoms with Crippen LogP contribution < -0.4 is 10.6 Å². The first kappa shape index (κ1) is 28.8. The molecular formula is C30H30F2N4O3S. The number of hydrogen-bond donors (Lipinski definition) is 3. The summed E-state index contributed by atoms with van der Waals surface area (Å²) in [5.41, 5.74) is 3.23. The Morgan fingerprint density at radius 3 is 2.35 bits per heavy atom. The molecule has 4 aromatic rings. The number of anilines is 1. The number of aromatic nitrogens is 2. The summed E-state index contributed by atoms with van der Waals surface area (Å²) >= 11 is 1.50. The molecule has 0 spiro atoms. The third kappa shape index (κ3) is 7.92. The highest BCUT2D eigenvalue weighted by molar-refractivity contribution is 7.98. The van der Waals surface area contributed by atoms with E-state index in [1.807, 2.05) is 23.1 Å². The van der Waals surface area contributed by atoms with Crippen molar-refractivity contribution in [3.8, 4) is 0 Å². The highest BCUT2D eigenvalue weighted by Gasteiger charge is 2.23. The molecule has 0 saturated heterocycles. The molecule has 1 amide bonds. The molecule has 1 aromatic heterocycles. The Kier molecular flexibility index (Phi) is 9.91. The summed E-state index contributed by atoms with van der Waals surface area (Å²) in [7, 11) is 0. The maximum Gasteiger partial charge on any atom is 0.326 e. The zero-order valence-electron chi connectivity index (χ0n) is 21.9. The van der Waals surface area contributed by atoms with E-state index in [4.69, 9.17) is 0 Å². The van der Waals surface area contributed by atoms with Crippen LogP contribution in [0.1, 0.15) is 39.5 Å². The van der Waals surface area contributed by atoms with Crippen molar-refractivity contribution in [3.05, 3.63) is 119 Å². The van der Waals surface area contributed by atoms with Crippen LogP contribution in [-0.4, -0.2) is 44.6 Å². The van der Waals surface area contributed by atoms with Crippen LogP contribution in [0.4, 0.5) is 14.5 Å². The highest BCUT2D eigenvalue weighted by atomic mass is 32.2. The van der Waals surface area contributed by atoms with Crippen molar-refractivity contribution in [2.24, 2.45) is 0 Å². The van der Waals surface area contributed by atoms with E-state index in [1.54, 1.807) is 48.9 Å². The Hall–Kier alpha value is -4.18. The quantitative estimate of drug-likeness (QED) is 0.197. The van der Waals surface area contributed by atoms with Gasteiger partial charge in [-0.15, -0.1) is 0 Å². The molecule has 3 N–H and O–H groups in total. The minimum Gasteiger partial charge on any atom is -0.480 e. The van der Waals surface area contributed by atoms with Crippen molar-refractivity contribution in [1.29, 1.82) is 0 Å². The van der Waals surface area contributed by atoms with E-state index in [0.717, 1.165) is 11.1 Å². The van der Waals surface area contributed by atoms with Gasteiger partial charge in [-0.1, -0.05) is 30.3 Å². The van der Waals surface area contributed by atoms with Gasteiger partial charge in [0.15, 0.2) is 0 Å². The van der Waals surface area contributed by atoms with Gasteiger partial charge in [0.1, 0.15) is 17.7 Å². The van der Waals surface area contributed by atoms with E-state index < -0.39 is 17.9 Å². The summed E-state index contributed by atoms with van der Waals surface area (Å²) in [4.78, 5) is 29.4. The zero-order valence-corrected chi connectivity index (χ0v) is 22.7. The van der Waals surface area contributed by atoms with E-state index >= 15 is 0 Å². The minimum absolute atomic E-state index is 0.283. The third-order valence-corrected chi connectivity index (χ3v) is 7.09. The molecule has 0 aliphatic rings. The summed E-state index contributed by atoms with van der Waals surface area (Å²) in [5.74, 6) is -1.74. The van der Waals surface area contributed by atoms with Crippen LogP contribution in [0, 0.1) is 11.6 Å². The van der Waals surface area contributed by atoms with Gasteiger partial charge in [0.2, 0.25) is 0 Å². The fourth-order valence-electron chi connectivity index (χ4n) is 4.32. The maximum absolute atomic E-state index is 13.6. The summed E-state index contributed by atoms with van der Waals surface area (Å²) in [6, 6.07) is 16.2. The molecule has 40 heavy (non-hydrogen) atoms. The van der Waals surface area contributed by atoms with Crippen LogP contribution >= 0.6 is 11.8 Å². The van der Waals surface area contributed by atoms with Crippen LogP contribution in [0.5, 0.6) is 0 Å². The number of carbonyl (C=O) groups excluding carboxylic acids is 1. The molecule has 1 heterocycles. The lowest BCUT2D eigenvalue weighted by Crippen LogP contribution is -2.41. The smallest absolute Gasteiger partial charge is 0.326 e. The number of benzene rings is 3. The van der Waals surface area contributed by atoms with E-state index in [1.165, 1.54) is 36.0 Å². The van der Waals surface area contributed by atoms with Crippen LogP contribution in [-0.2, 0) is 17.8 Å². The number of carboxylic acids is 1. The Morgan fingerprint density at radius 2 is 1.73 bits per heavy atom. The van der Waals surface area contributed by atoms with Crippen molar-refractivity contribution in [2.45, 2.75) is 31.5 Å². The average molecular weight is 565 g/mol. The van der Waals surface area contributed by atoms with Crippen molar-refractivity contribution >= 4 is 29.3 Å². The largest absolute Gasteiger partial charge is 0.480 e. The molecule has 0 fully saturated rings. The first-order chi connectivity index (χ1) is 19.3. The first-order valence-corrected chi connectivity index (χ1v) is 14.1. The summed E-state index contributed by atoms with van der Waals surface area (Å²) < 4.78 is 29.0. The molecule has 4 rings (SSSR count). The van der Waals surface area contributed by atoms with Crippen molar-refractivity contribution in [1.82, 2.24) is 14.9 Å².